The van der Waals surface area contributed by atoms with Crippen LogP contribution < -0.4 is 0 Å². The van der Waals surface area contributed by atoms with E-state index in [1.807, 2.05) is 30.3 Å². The van der Waals surface area contributed by atoms with Gasteiger partial charge in [-0.05, 0) is 89.6 Å². The Balaban J connectivity index is 1.85. The van der Waals surface area contributed by atoms with E-state index in [4.69, 9.17) is 6.57 Å². The van der Waals surface area contributed by atoms with Gasteiger partial charge in [0.05, 0.1) is 0 Å². The number of nitrogens with zero attached hydrogens (tertiary/aromatic N) is 4. The highest BCUT2D eigenvalue weighted by molar-refractivity contribution is 6.36. The second-order valence-electron chi connectivity index (χ2n) is 9.19. The molecule has 4 nitrogen and oxygen atoms in total. The largest absolute Gasteiger partial charge is 0.361 e. The monoisotopic (exact) mass is 482 g/mol. The van der Waals surface area contributed by atoms with Gasteiger partial charge in [0.2, 0.25) is 0 Å². The quantitative estimate of drug-likeness (QED) is 0.140. The molecule has 0 aliphatic rings. The molecular weight excluding hydrogens is 464 g/mol. The van der Waals surface area contributed by atoms with Gasteiger partial charge in [-0.25, -0.2) is 4.98 Å². The Kier molecular flexibility index (Phi) is 4.86. The minimum absolute atomic E-state index is 0.363. The van der Waals surface area contributed by atoms with E-state index in [-0.39, 0.29) is 0 Å². The molecule has 38 heavy (non-hydrogen) atoms. The Bertz CT molecular complexity index is 2010. The molecule has 7 aromatic rings. The van der Waals surface area contributed by atoms with Gasteiger partial charge in [-0.3, -0.25) is 0 Å². The minimum Gasteiger partial charge on any atom is -0.361 e. The summed E-state index contributed by atoms with van der Waals surface area (Å²) in [5.74, 6) is 0.363. The lowest BCUT2D eigenvalue weighted by molar-refractivity contribution is 1.27. The molecule has 0 saturated heterocycles. The molecule has 0 aliphatic heterocycles. The van der Waals surface area contributed by atoms with Crippen molar-refractivity contribution in [1.29, 1.82) is 5.26 Å². The van der Waals surface area contributed by atoms with Crippen LogP contribution >= 0.6 is 0 Å². The van der Waals surface area contributed by atoms with E-state index in [0.717, 1.165) is 54.6 Å². The predicted octanol–water partition coefficient (Wildman–Crippen LogP) is 8.85. The average Bonchev–Trinajstić information content (AvgIpc) is 3.00. The maximum absolute atomic E-state index is 9.65. The fourth-order valence-electron chi connectivity index (χ4n) is 5.73. The first-order valence-electron chi connectivity index (χ1n) is 12.3. The number of rotatable bonds is 2. The second-order valence-corrected chi connectivity index (χ2v) is 9.19. The molecule has 2 aromatic heterocycles. The molecule has 0 unspecified atom stereocenters. The Morgan fingerprint density at radius 3 is 1.58 bits per heavy atom. The Labute approximate surface area is 218 Å². The normalized spacial score (nSPS) is 11.1. The summed E-state index contributed by atoms with van der Waals surface area (Å²) < 4.78 is 0. The lowest BCUT2D eigenvalue weighted by atomic mass is 9.82. The van der Waals surface area contributed by atoms with Crippen molar-refractivity contribution in [3.63, 3.8) is 0 Å². The van der Waals surface area contributed by atoms with E-state index in [1.54, 1.807) is 12.4 Å². The van der Waals surface area contributed by atoms with Crippen LogP contribution in [0.4, 0.5) is 5.82 Å². The summed E-state index contributed by atoms with van der Waals surface area (Å²) in [5, 5.41) is 18.6. The molecule has 0 atom stereocenters. The van der Waals surface area contributed by atoms with Crippen LogP contribution in [0.5, 0.6) is 0 Å². The standard InChI is InChI=1S/C34H18N4/c1-36-30-19-22(15-17-38-30)32-29-13-7-6-12-28(29)31(21-14-16-37-23(18-21)20-35)33-26-10-4-2-8-24(26)25-9-3-5-11-27(25)34(32)33/h2-19H. The van der Waals surface area contributed by atoms with Gasteiger partial charge in [0.1, 0.15) is 18.0 Å². The van der Waals surface area contributed by atoms with Crippen LogP contribution in [-0.4, -0.2) is 9.97 Å². The van der Waals surface area contributed by atoms with Gasteiger partial charge in [0, 0.05) is 6.20 Å². The van der Waals surface area contributed by atoms with Crippen molar-refractivity contribution in [1.82, 2.24) is 9.97 Å². The van der Waals surface area contributed by atoms with Gasteiger partial charge in [0.15, 0.2) is 0 Å². The molecular formula is C34H18N4. The van der Waals surface area contributed by atoms with E-state index < -0.39 is 0 Å². The highest BCUT2D eigenvalue weighted by Crippen LogP contribution is 2.49. The van der Waals surface area contributed by atoms with Gasteiger partial charge in [-0.15, -0.1) is 4.98 Å². The van der Waals surface area contributed by atoms with E-state index in [0.29, 0.717) is 11.5 Å². The molecule has 0 radical (unpaired) electrons. The van der Waals surface area contributed by atoms with E-state index in [1.165, 1.54) is 10.8 Å². The highest BCUT2D eigenvalue weighted by Gasteiger charge is 2.21. The van der Waals surface area contributed by atoms with Crippen LogP contribution in [0.2, 0.25) is 0 Å². The topological polar surface area (TPSA) is 53.9 Å². The van der Waals surface area contributed by atoms with Crippen LogP contribution in [-0.2, 0) is 0 Å². The zero-order valence-corrected chi connectivity index (χ0v) is 20.2. The predicted molar refractivity (Wildman–Crippen MR) is 154 cm³/mol. The Morgan fingerprint density at radius 1 is 0.579 bits per heavy atom. The molecule has 7 rings (SSSR count). The van der Waals surface area contributed by atoms with Crippen molar-refractivity contribution in [2.24, 2.45) is 0 Å². The molecule has 0 saturated carbocycles. The number of hydrogen-bond donors (Lipinski definition) is 0. The number of nitriles is 1. The van der Waals surface area contributed by atoms with Gasteiger partial charge in [0.25, 0.3) is 5.82 Å². The first kappa shape index (κ1) is 21.7. The number of aromatic nitrogens is 2. The van der Waals surface area contributed by atoms with Gasteiger partial charge in [-0.1, -0.05) is 79.4 Å². The molecule has 0 amide bonds. The fraction of sp³-hybridized carbons (Fsp3) is 0. The van der Waals surface area contributed by atoms with Gasteiger partial charge in [-0.2, -0.15) is 5.26 Å². The molecule has 2 heterocycles. The highest BCUT2D eigenvalue weighted by atomic mass is 14.8. The average molecular weight is 483 g/mol. The maximum atomic E-state index is 9.65. The summed E-state index contributed by atoms with van der Waals surface area (Å²) in [5.41, 5.74) is 4.42. The molecule has 0 aliphatic carbocycles. The summed E-state index contributed by atoms with van der Waals surface area (Å²) in [6.07, 6.45) is 3.42. The van der Waals surface area contributed by atoms with Crippen molar-refractivity contribution >= 4 is 48.9 Å². The van der Waals surface area contributed by atoms with Crippen molar-refractivity contribution in [2.75, 3.05) is 0 Å². The first-order valence-corrected chi connectivity index (χ1v) is 12.3. The van der Waals surface area contributed by atoms with Crippen molar-refractivity contribution < 1.29 is 0 Å². The molecule has 174 valence electrons. The third-order valence-electron chi connectivity index (χ3n) is 7.21. The summed E-state index contributed by atoms with van der Waals surface area (Å²) >= 11 is 0. The van der Waals surface area contributed by atoms with Crippen LogP contribution in [0, 0.1) is 17.9 Å². The van der Waals surface area contributed by atoms with Crippen LogP contribution in [0.25, 0.3) is 70.2 Å². The molecule has 0 N–H and O–H groups in total. The zero-order chi connectivity index (χ0) is 25.6. The summed E-state index contributed by atoms with van der Waals surface area (Å²) in [6, 6.07) is 35.3. The second kappa shape index (κ2) is 8.52. The van der Waals surface area contributed by atoms with Crippen molar-refractivity contribution in [2.45, 2.75) is 0 Å². The molecule has 0 bridgehead atoms. The summed E-state index contributed by atoms with van der Waals surface area (Å²) in [7, 11) is 0. The van der Waals surface area contributed by atoms with Crippen LogP contribution in [0.3, 0.4) is 0 Å². The van der Waals surface area contributed by atoms with E-state index >= 15 is 0 Å². The van der Waals surface area contributed by atoms with E-state index in [9.17, 15) is 5.26 Å². The molecule has 0 spiro atoms. The lowest BCUT2D eigenvalue weighted by Crippen LogP contribution is -1.94. The van der Waals surface area contributed by atoms with Gasteiger partial charge >= 0.3 is 0 Å². The van der Waals surface area contributed by atoms with Crippen LogP contribution in [0.15, 0.2) is 109 Å². The third kappa shape index (κ3) is 3.15. The van der Waals surface area contributed by atoms with E-state index in [2.05, 4.69) is 87.6 Å². The van der Waals surface area contributed by atoms with Crippen LogP contribution in [0.1, 0.15) is 5.69 Å². The minimum atomic E-state index is 0.363. The first-order chi connectivity index (χ1) is 18.8. The lowest BCUT2D eigenvalue weighted by Gasteiger charge is -2.21. The molecule has 4 heteroatoms. The maximum Gasteiger partial charge on any atom is 0.270 e. The third-order valence-corrected chi connectivity index (χ3v) is 7.21. The number of fused-ring (bicyclic) bond motifs is 7. The summed E-state index contributed by atoms with van der Waals surface area (Å²) in [6.45, 7) is 7.58. The zero-order valence-electron chi connectivity index (χ0n) is 20.2. The van der Waals surface area contributed by atoms with Crippen molar-refractivity contribution in [3.8, 4) is 28.3 Å². The number of benzene rings is 5. The SMILES string of the molecule is [C-]#[N+]c1cc(-c2c3ccccc3c(-c3ccnc(C#N)c3)c3c4ccccc4c4ccccc4c23)ccn1. The number of hydrogen-bond acceptors (Lipinski definition) is 3. The van der Waals surface area contributed by atoms with Crippen molar-refractivity contribution in [3.05, 3.63) is 127 Å². The smallest absolute Gasteiger partial charge is 0.270 e. The molecule has 5 aromatic carbocycles. The number of pyridine rings is 2. The Hall–Kier alpha value is -5.58. The fourth-order valence-corrected chi connectivity index (χ4v) is 5.73. The molecule has 0 fully saturated rings. The summed E-state index contributed by atoms with van der Waals surface area (Å²) in [4.78, 5) is 12.1. The van der Waals surface area contributed by atoms with Gasteiger partial charge < -0.3 is 4.85 Å². The Morgan fingerprint density at radius 2 is 1.05 bits per heavy atom.